The first-order valence-electron chi connectivity index (χ1n) is 6.56. The average Bonchev–Trinajstić information content (AvgIpc) is 2.82. The Bertz CT molecular complexity index is 600. The van der Waals surface area contributed by atoms with E-state index in [1.807, 2.05) is 29.7 Å². The SMILES string of the molecule is Cc1ccc2ncc(C(=O)NC3CCOCC3)n2c1. The Morgan fingerprint density at radius 1 is 1.42 bits per heavy atom. The van der Waals surface area contributed by atoms with Crippen LogP contribution in [-0.4, -0.2) is 34.5 Å². The summed E-state index contributed by atoms with van der Waals surface area (Å²) in [6.45, 7) is 3.44. The van der Waals surface area contributed by atoms with Crippen molar-refractivity contribution in [2.75, 3.05) is 13.2 Å². The van der Waals surface area contributed by atoms with E-state index in [2.05, 4.69) is 10.3 Å². The molecule has 2 aromatic heterocycles. The van der Waals surface area contributed by atoms with Crippen molar-refractivity contribution in [3.8, 4) is 0 Å². The Morgan fingerprint density at radius 3 is 3.00 bits per heavy atom. The number of aromatic nitrogens is 2. The van der Waals surface area contributed by atoms with Crippen molar-refractivity contribution in [1.29, 1.82) is 0 Å². The van der Waals surface area contributed by atoms with Crippen molar-refractivity contribution in [1.82, 2.24) is 14.7 Å². The average molecular weight is 259 g/mol. The maximum absolute atomic E-state index is 12.3. The van der Waals surface area contributed by atoms with Crippen LogP contribution < -0.4 is 5.32 Å². The summed E-state index contributed by atoms with van der Waals surface area (Å²) < 4.78 is 7.13. The summed E-state index contributed by atoms with van der Waals surface area (Å²) >= 11 is 0. The van der Waals surface area contributed by atoms with Crippen molar-refractivity contribution in [2.24, 2.45) is 0 Å². The van der Waals surface area contributed by atoms with Crippen molar-refractivity contribution >= 4 is 11.6 Å². The number of nitrogens with zero attached hydrogens (tertiary/aromatic N) is 2. The normalized spacial score (nSPS) is 16.7. The van der Waals surface area contributed by atoms with Crippen LogP contribution in [0.25, 0.3) is 5.65 Å². The Balaban J connectivity index is 1.82. The summed E-state index contributed by atoms with van der Waals surface area (Å²) in [7, 11) is 0. The minimum atomic E-state index is -0.0648. The number of fused-ring (bicyclic) bond motifs is 1. The van der Waals surface area contributed by atoms with Gasteiger partial charge in [-0.05, 0) is 31.4 Å². The van der Waals surface area contributed by atoms with Gasteiger partial charge in [-0.3, -0.25) is 9.20 Å². The number of carbonyl (C=O) groups excluding carboxylic acids is 1. The predicted molar refractivity (Wildman–Crippen MR) is 71.2 cm³/mol. The van der Waals surface area contributed by atoms with Crippen molar-refractivity contribution < 1.29 is 9.53 Å². The maximum atomic E-state index is 12.3. The molecular weight excluding hydrogens is 242 g/mol. The van der Waals surface area contributed by atoms with E-state index in [0.717, 1.165) is 37.3 Å². The van der Waals surface area contributed by atoms with Crippen LogP contribution in [0.4, 0.5) is 0 Å². The number of aryl methyl sites for hydroxylation is 1. The van der Waals surface area contributed by atoms with Gasteiger partial charge in [-0.2, -0.15) is 0 Å². The minimum absolute atomic E-state index is 0.0648. The minimum Gasteiger partial charge on any atom is -0.381 e. The Hall–Kier alpha value is -1.88. The number of carbonyl (C=O) groups is 1. The van der Waals surface area contributed by atoms with E-state index in [4.69, 9.17) is 4.74 Å². The number of pyridine rings is 1. The van der Waals surface area contributed by atoms with Gasteiger partial charge in [0, 0.05) is 25.5 Å². The van der Waals surface area contributed by atoms with Gasteiger partial charge in [-0.15, -0.1) is 0 Å². The quantitative estimate of drug-likeness (QED) is 0.890. The zero-order valence-electron chi connectivity index (χ0n) is 10.9. The smallest absolute Gasteiger partial charge is 0.270 e. The summed E-state index contributed by atoms with van der Waals surface area (Å²) in [6, 6.07) is 4.11. The largest absolute Gasteiger partial charge is 0.381 e. The maximum Gasteiger partial charge on any atom is 0.270 e. The molecule has 5 nitrogen and oxygen atoms in total. The van der Waals surface area contributed by atoms with Gasteiger partial charge in [-0.25, -0.2) is 4.98 Å². The van der Waals surface area contributed by atoms with Crippen LogP contribution >= 0.6 is 0 Å². The summed E-state index contributed by atoms with van der Waals surface area (Å²) in [5.74, 6) is -0.0648. The molecule has 100 valence electrons. The van der Waals surface area contributed by atoms with E-state index in [-0.39, 0.29) is 11.9 Å². The second kappa shape index (κ2) is 5.01. The molecule has 1 amide bonds. The fourth-order valence-corrected chi connectivity index (χ4v) is 2.36. The Labute approximate surface area is 111 Å². The third-order valence-corrected chi connectivity index (χ3v) is 3.44. The van der Waals surface area contributed by atoms with E-state index in [1.165, 1.54) is 0 Å². The molecule has 3 heterocycles. The van der Waals surface area contributed by atoms with Crippen LogP contribution in [0.3, 0.4) is 0 Å². The van der Waals surface area contributed by atoms with Gasteiger partial charge in [-0.1, -0.05) is 6.07 Å². The van der Waals surface area contributed by atoms with E-state index >= 15 is 0 Å². The van der Waals surface area contributed by atoms with Crippen LogP contribution in [0, 0.1) is 6.92 Å². The number of amides is 1. The molecular formula is C14H17N3O2. The van der Waals surface area contributed by atoms with Crippen molar-refractivity contribution in [3.63, 3.8) is 0 Å². The number of ether oxygens (including phenoxy) is 1. The lowest BCUT2D eigenvalue weighted by Crippen LogP contribution is -2.39. The van der Waals surface area contributed by atoms with Crippen LogP contribution in [0.1, 0.15) is 28.9 Å². The molecule has 5 heteroatoms. The van der Waals surface area contributed by atoms with Gasteiger partial charge in [0.2, 0.25) is 0 Å². The summed E-state index contributed by atoms with van der Waals surface area (Å²) in [5.41, 5.74) is 2.48. The zero-order valence-corrected chi connectivity index (χ0v) is 10.9. The van der Waals surface area contributed by atoms with E-state index < -0.39 is 0 Å². The first-order chi connectivity index (χ1) is 9.24. The molecule has 0 unspecified atom stereocenters. The fourth-order valence-electron chi connectivity index (χ4n) is 2.36. The first kappa shape index (κ1) is 12.2. The molecule has 2 aromatic rings. The molecule has 0 aromatic carbocycles. The van der Waals surface area contributed by atoms with Gasteiger partial charge in [0.25, 0.3) is 5.91 Å². The van der Waals surface area contributed by atoms with Crippen LogP contribution in [-0.2, 0) is 4.74 Å². The molecule has 0 radical (unpaired) electrons. The molecule has 0 bridgehead atoms. The molecule has 0 atom stereocenters. The number of rotatable bonds is 2. The highest BCUT2D eigenvalue weighted by atomic mass is 16.5. The third kappa shape index (κ3) is 2.46. The molecule has 1 N–H and O–H groups in total. The highest BCUT2D eigenvalue weighted by Crippen LogP contribution is 2.11. The van der Waals surface area contributed by atoms with Gasteiger partial charge >= 0.3 is 0 Å². The van der Waals surface area contributed by atoms with Crippen molar-refractivity contribution in [2.45, 2.75) is 25.8 Å². The molecule has 1 saturated heterocycles. The van der Waals surface area contributed by atoms with E-state index in [9.17, 15) is 4.79 Å². The standard InChI is InChI=1S/C14H17N3O2/c1-10-2-3-13-15-8-12(17(13)9-10)14(18)16-11-4-6-19-7-5-11/h2-3,8-9,11H,4-7H2,1H3,(H,16,18). The highest BCUT2D eigenvalue weighted by molar-refractivity contribution is 5.93. The van der Waals surface area contributed by atoms with Crippen molar-refractivity contribution in [3.05, 3.63) is 35.8 Å². The molecule has 0 spiro atoms. The lowest BCUT2D eigenvalue weighted by molar-refractivity contribution is 0.0694. The van der Waals surface area contributed by atoms with Crippen LogP contribution in [0.5, 0.6) is 0 Å². The molecule has 1 aliphatic heterocycles. The lowest BCUT2D eigenvalue weighted by Gasteiger charge is -2.22. The molecule has 1 aliphatic rings. The number of hydrogen-bond acceptors (Lipinski definition) is 3. The predicted octanol–water partition coefficient (Wildman–Crippen LogP) is 1.55. The fraction of sp³-hybridized carbons (Fsp3) is 0.429. The van der Waals surface area contributed by atoms with Gasteiger partial charge in [0.05, 0.1) is 6.20 Å². The van der Waals surface area contributed by atoms with Crippen LogP contribution in [0.15, 0.2) is 24.5 Å². The summed E-state index contributed by atoms with van der Waals surface area (Å²) in [4.78, 5) is 16.5. The van der Waals surface area contributed by atoms with Crippen LogP contribution in [0.2, 0.25) is 0 Å². The lowest BCUT2D eigenvalue weighted by atomic mass is 10.1. The first-order valence-corrected chi connectivity index (χ1v) is 6.56. The van der Waals surface area contributed by atoms with Gasteiger partial charge in [0.1, 0.15) is 11.3 Å². The Kier molecular flexibility index (Phi) is 3.21. The van der Waals surface area contributed by atoms with E-state index in [1.54, 1.807) is 6.20 Å². The number of hydrogen-bond donors (Lipinski definition) is 1. The van der Waals surface area contributed by atoms with Gasteiger partial charge in [0.15, 0.2) is 0 Å². The van der Waals surface area contributed by atoms with E-state index in [0.29, 0.717) is 5.69 Å². The topological polar surface area (TPSA) is 55.6 Å². The summed E-state index contributed by atoms with van der Waals surface area (Å²) in [6.07, 6.45) is 5.31. The summed E-state index contributed by atoms with van der Waals surface area (Å²) in [5, 5.41) is 3.05. The number of nitrogens with one attached hydrogen (secondary N) is 1. The molecule has 1 fully saturated rings. The Morgan fingerprint density at radius 2 is 2.21 bits per heavy atom. The molecule has 19 heavy (non-hydrogen) atoms. The second-order valence-corrected chi connectivity index (χ2v) is 4.94. The molecule has 0 saturated carbocycles. The highest BCUT2D eigenvalue weighted by Gasteiger charge is 2.19. The zero-order chi connectivity index (χ0) is 13.2. The van der Waals surface area contributed by atoms with Gasteiger partial charge < -0.3 is 10.1 Å². The number of imidazole rings is 1. The monoisotopic (exact) mass is 259 g/mol. The third-order valence-electron chi connectivity index (χ3n) is 3.44. The molecule has 0 aliphatic carbocycles. The molecule has 3 rings (SSSR count). The second-order valence-electron chi connectivity index (χ2n) is 4.94.